The van der Waals surface area contributed by atoms with E-state index >= 15 is 0 Å². The van der Waals surface area contributed by atoms with E-state index in [4.69, 9.17) is 10.5 Å². The quantitative estimate of drug-likeness (QED) is 0.593. The van der Waals surface area contributed by atoms with Gasteiger partial charge in [-0.15, -0.1) is 24.8 Å². The molecule has 1 heterocycles. The monoisotopic (exact) mass is 425 g/mol. The molecule has 3 N–H and O–H groups in total. The van der Waals surface area contributed by atoms with Gasteiger partial charge < -0.3 is 15.8 Å². The summed E-state index contributed by atoms with van der Waals surface area (Å²) < 4.78 is 5.51. The number of ether oxygens (including phenoxy) is 1. The van der Waals surface area contributed by atoms with Crippen molar-refractivity contribution < 1.29 is 9.53 Å². The molecule has 1 saturated carbocycles. The maximum atomic E-state index is 12.7. The molecule has 162 valence electrons. The first-order chi connectivity index (χ1) is 12.1. The molecule has 0 aromatic carbocycles. The van der Waals surface area contributed by atoms with Gasteiger partial charge in [-0.2, -0.15) is 0 Å². The van der Waals surface area contributed by atoms with Crippen LogP contribution >= 0.6 is 24.8 Å². The summed E-state index contributed by atoms with van der Waals surface area (Å²) in [4.78, 5) is 15.2. The second-order valence-corrected chi connectivity index (χ2v) is 8.04. The third kappa shape index (κ3) is 8.06. The number of rotatable bonds is 9. The van der Waals surface area contributed by atoms with Gasteiger partial charge in [-0.25, -0.2) is 0 Å². The standard InChI is InChI=1S/C20H39N3O2.2ClH/c1-3-17(4-2)18(23-10-12-25-13-11-23)15-22-19(24)14-20(16-21)8-6-5-7-9-20;;/h17-18H,3-16,21H2,1-2H3,(H,22,24);2*1H. The predicted molar refractivity (Wildman–Crippen MR) is 117 cm³/mol. The number of halogens is 2. The molecule has 1 amide bonds. The molecular weight excluding hydrogens is 385 g/mol. The predicted octanol–water partition coefficient (Wildman–Crippen LogP) is 3.38. The van der Waals surface area contributed by atoms with Gasteiger partial charge in [0.1, 0.15) is 0 Å². The third-order valence-electron chi connectivity index (χ3n) is 6.50. The molecule has 1 aliphatic heterocycles. The minimum Gasteiger partial charge on any atom is -0.379 e. The summed E-state index contributed by atoms with van der Waals surface area (Å²) in [6, 6.07) is 0.419. The number of hydrogen-bond donors (Lipinski definition) is 2. The molecule has 1 aliphatic carbocycles. The summed E-state index contributed by atoms with van der Waals surface area (Å²) in [5, 5.41) is 3.26. The van der Waals surface area contributed by atoms with Crippen molar-refractivity contribution in [2.75, 3.05) is 39.4 Å². The van der Waals surface area contributed by atoms with E-state index in [1.807, 2.05) is 0 Å². The number of nitrogens with zero attached hydrogens (tertiary/aromatic N) is 1. The molecule has 7 heteroatoms. The average molecular weight is 426 g/mol. The van der Waals surface area contributed by atoms with E-state index in [2.05, 4.69) is 24.1 Å². The molecule has 27 heavy (non-hydrogen) atoms. The Morgan fingerprint density at radius 3 is 2.22 bits per heavy atom. The molecule has 5 nitrogen and oxygen atoms in total. The second kappa shape index (κ2) is 14.0. The second-order valence-electron chi connectivity index (χ2n) is 8.04. The van der Waals surface area contributed by atoms with Crippen LogP contribution in [-0.4, -0.2) is 56.2 Å². The first-order valence-electron chi connectivity index (χ1n) is 10.4. The highest BCUT2D eigenvalue weighted by atomic mass is 35.5. The smallest absolute Gasteiger partial charge is 0.220 e. The van der Waals surface area contributed by atoms with Gasteiger partial charge in [0.15, 0.2) is 0 Å². The molecule has 1 unspecified atom stereocenters. The number of nitrogens with two attached hydrogens (primary N) is 1. The van der Waals surface area contributed by atoms with E-state index in [9.17, 15) is 4.79 Å². The van der Waals surface area contributed by atoms with Crippen LogP contribution in [0.1, 0.15) is 65.2 Å². The molecule has 0 aromatic heterocycles. The van der Waals surface area contributed by atoms with Crippen LogP contribution in [-0.2, 0) is 9.53 Å². The molecule has 0 aromatic rings. The summed E-state index contributed by atoms with van der Waals surface area (Å²) >= 11 is 0. The molecule has 1 saturated heterocycles. The van der Waals surface area contributed by atoms with E-state index in [1.165, 1.54) is 19.3 Å². The van der Waals surface area contributed by atoms with Crippen molar-refractivity contribution >= 4 is 30.7 Å². The normalized spacial score (nSPS) is 21.0. The average Bonchev–Trinajstić information content (AvgIpc) is 2.66. The first kappa shape index (κ1) is 26.9. The van der Waals surface area contributed by atoms with Gasteiger partial charge in [0, 0.05) is 32.1 Å². The highest BCUT2D eigenvalue weighted by molar-refractivity contribution is 5.85. The van der Waals surface area contributed by atoms with E-state index in [0.717, 1.165) is 58.5 Å². The SMILES string of the molecule is CCC(CC)C(CNC(=O)CC1(CN)CCCCC1)N1CCOCC1.Cl.Cl. The first-order valence-corrected chi connectivity index (χ1v) is 10.4. The van der Waals surface area contributed by atoms with Crippen molar-refractivity contribution in [3.8, 4) is 0 Å². The van der Waals surface area contributed by atoms with Gasteiger partial charge in [-0.1, -0.05) is 46.0 Å². The summed E-state index contributed by atoms with van der Waals surface area (Å²) in [5.41, 5.74) is 6.10. The van der Waals surface area contributed by atoms with Crippen molar-refractivity contribution in [2.45, 2.75) is 71.3 Å². The Hall–Kier alpha value is -0.0700. The van der Waals surface area contributed by atoms with Gasteiger partial charge in [0.05, 0.1) is 13.2 Å². The van der Waals surface area contributed by atoms with Crippen molar-refractivity contribution in [3.63, 3.8) is 0 Å². The summed E-state index contributed by atoms with van der Waals surface area (Å²) in [6.07, 6.45) is 8.84. The van der Waals surface area contributed by atoms with Crippen LogP contribution in [0.25, 0.3) is 0 Å². The summed E-state index contributed by atoms with van der Waals surface area (Å²) in [5.74, 6) is 0.813. The Labute approximate surface area is 178 Å². The fraction of sp³-hybridized carbons (Fsp3) is 0.950. The number of carbonyl (C=O) groups excluding carboxylic acids is 1. The van der Waals surface area contributed by atoms with E-state index in [1.54, 1.807) is 0 Å². The van der Waals surface area contributed by atoms with Crippen LogP contribution in [0, 0.1) is 11.3 Å². The van der Waals surface area contributed by atoms with Crippen molar-refractivity contribution in [3.05, 3.63) is 0 Å². The molecular formula is C20H41Cl2N3O2. The maximum absolute atomic E-state index is 12.7. The van der Waals surface area contributed by atoms with Gasteiger partial charge in [-0.3, -0.25) is 9.69 Å². The van der Waals surface area contributed by atoms with Crippen LogP contribution in [0.3, 0.4) is 0 Å². The number of hydrogen-bond acceptors (Lipinski definition) is 4. The Morgan fingerprint density at radius 2 is 1.70 bits per heavy atom. The van der Waals surface area contributed by atoms with E-state index < -0.39 is 0 Å². The lowest BCUT2D eigenvalue weighted by Gasteiger charge is -2.39. The Morgan fingerprint density at radius 1 is 1.11 bits per heavy atom. The van der Waals surface area contributed by atoms with Crippen molar-refractivity contribution in [2.24, 2.45) is 17.1 Å². The number of carbonyl (C=O) groups is 1. The van der Waals surface area contributed by atoms with Crippen molar-refractivity contribution in [1.82, 2.24) is 10.2 Å². The fourth-order valence-electron chi connectivity index (χ4n) is 4.71. The van der Waals surface area contributed by atoms with Crippen LogP contribution in [0.2, 0.25) is 0 Å². The molecule has 0 spiro atoms. The molecule has 1 atom stereocenters. The van der Waals surface area contributed by atoms with Gasteiger partial charge in [-0.05, 0) is 30.7 Å². The summed E-state index contributed by atoms with van der Waals surface area (Å²) in [7, 11) is 0. The minimum atomic E-state index is 0. The van der Waals surface area contributed by atoms with Gasteiger partial charge in [0.2, 0.25) is 5.91 Å². The van der Waals surface area contributed by atoms with Crippen LogP contribution in [0.4, 0.5) is 0 Å². The molecule has 2 aliphatic rings. The zero-order chi connectivity index (χ0) is 18.1. The lowest BCUT2D eigenvalue weighted by atomic mass is 9.71. The zero-order valence-electron chi connectivity index (χ0n) is 17.2. The molecule has 0 radical (unpaired) electrons. The van der Waals surface area contributed by atoms with Crippen LogP contribution in [0.15, 0.2) is 0 Å². The fourth-order valence-corrected chi connectivity index (χ4v) is 4.71. The Bertz CT molecular complexity index is 397. The van der Waals surface area contributed by atoms with Gasteiger partial charge >= 0.3 is 0 Å². The van der Waals surface area contributed by atoms with E-state index in [0.29, 0.717) is 24.9 Å². The van der Waals surface area contributed by atoms with Gasteiger partial charge in [0.25, 0.3) is 0 Å². The number of morpholine rings is 1. The lowest BCUT2D eigenvalue weighted by Crippen LogP contribution is -2.52. The van der Waals surface area contributed by atoms with Crippen LogP contribution < -0.4 is 11.1 Å². The zero-order valence-corrected chi connectivity index (χ0v) is 18.8. The highest BCUT2D eigenvalue weighted by Gasteiger charge is 2.33. The van der Waals surface area contributed by atoms with Crippen LogP contribution in [0.5, 0.6) is 0 Å². The Balaban J connectivity index is 0.00000338. The summed E-state index contributed by atoms with van der Waals surface area (Å²) in [6.45, 7) is 9.48. The molecule has 0 bridgehead atoms. The minimum absolute atomic E-state index is 0. The molecule has 2 fully saturated rings. The molecule has 2 rings (SSSR count). The third-order valence-corrected chi connectivity index (χ3v) is 6.50. The highest BCUT2D eigenvalue weighted by Crippen LogP contribution is 2.38. The Kier molecular flexibility index (Phi) is 14.0. The van der Waals surface area contributed by atoms with E-state index in [-0.39, 0.29) is 36.1 Å². The topological polar surface area (TPSA) is 67.6 Å². The number of amides is 1. The van der Waals surface area contributed by atoms with Crippen molar-refractivity contribution in [1.29, 1.82) is 0 Å². The largest absolute Gasteiger partial charge is 0.379 e. The maximum Gasteiger partial charge on any atom is 0.220 e. The number of nitrogens with one attached hydrogen (secondary N) is 1. The lowest BCUT2D eigenvalue weighted by molar-refractivity contribution is -0.124.